The van der Waals surface area contributed by atoms with Gasteiger partial charge in [-0.3, -0.25) is 0 Å². The van der Waals surface area contributed by atoms with Crippen LogP contribution in [0.25, 0.3) is 0 Å². The second-order valence-corrected chi connectivity index (χ2v) is 4.37. The zero-order valence-corrected chi connectivity index (χ0v) is 9.13. The highest BCUT2D eigenvalue weighted by Crippen LogP contribution is 2.24. The van der Waals surface area contributed by atoms with Gasteiger partial charge in [-0.15, -0.1) is 15.8 Å². The number of benzene rings is 1. The molecule has 0 radical (unpaired) electrons. The Hall–Kier alpha value is -0.680. The molecule has 1 aromatic rings. The summed E-state index contributed by atoms with van der Waals surface area (Å²) in [4.78, 5) is 0. The molecular formula is C11H14FP. The fourth-order valence-electron chi connectivity index (χ4n) is 1.10. The van der Waals surface area contributed by atoms with Crippen molar-refractivity contribution in [3.05, 3.63) is 42.2 Å². The van der Waals surface area contributed by atoms with E-state index in [1.807, 2.05) is 26.0 Å². The average Bonchev–Trinajstić information content (AvgIpc) is 2.02. The first-order valence-corrected chi connectivity index (χ1v) is 4.73. The van der Waals surface area contributed by atoms with Crippen molar-refractivity contribution in [3.8, 4) is 0 Å². The predicted octanol–water partition coefficient (Wildman–Crippen LogP) is 2.79. The van der Waals surface area contributed by atoms with Crippen LogP contribution >= 0.6 is 9.24 Å². The zero-order chi connectivity index (χ0) is 10.1. The lowest BCUT2D eigenvalue weighted by atomic mass is 9.85. The van der Waals surface area contributed by atoms with Crippen LogP contribution in [0.4, 0.5) is 4.39 Å². The molecule has 1 atom stereocenters. The fourth-order valence-corrected chi connectivity index (χ4v) is 1.44. The van der Waals surface area contributed by atoms with Gasteiger partial charge in [-0.2, -0.15) is 0 Å². The molecule has 1 rings (SSSR count). The first-order valence-electron chi connectivity index (χ1n) is 4.16. The highest BCUT2D eigenvalue weighted by Gasteiger charge is 2.16. The summed E-state index contributed by atoms with van der Waals surface area (Å²) in [6.07, 6.45) is 1.83. The van der Waals surface area contributed by atoms with Gasteiger partial charge in [0.25, 0.3) is 0 Å². The Labute approximate surface area is 81.1 Å². The Morgan fingerprint density at radius 3 is 2.46 bits per heavy atom. The maximum atomic E-state index is 13.0. The highest BCUT2D eigenvalue weighted by molar-refractivity contribution is 7.27. The van der Waals surface area contributed by atoms with Gasteiger partial charge in [-0.25, -0.2) is 4.39 Å². The zero-order valence-electron chi connectivity index (χ0n) is 7.97. The highest BCUT2D eigenvalue weighted by atomic mass is 31.0. The SMILES string of the molecule is C=CC(C)(C)c1cc(F)cc(P)c1. The number of halogens is 1. The molecule has 70 valence electrons. The molecule has 0 nitrogen and oxygen atoms in total. The topological polar surface area (TPSA) is 0 Å². The first-order chi connectivity index (χ1) is 5.95. The Balaban J connectivity index is 3.22. The van der Waals surface area contributed by atoms with E-state index in [0.29, 0.717) is 0 Å². The lowest BCUT2D eigenvalue weighted by Gasteiger charge is -2.20. The van der Waals surface area contributed by atoms with E-state index in [0.717, 1.165) is 10.9 Å². The van der Waals surface area contributed by atoms with Gasteiger partial charge >= 0.3 is 0 Å². The van der Waals surface area contributed by atoms with Crippen molar-refractivity contribution in [2.45, 2.75) is 19.3 Å². The van der Waals surface area contributed by atoms with E-state index >= 15 is 0 Å². The molecular weight excluding hydrogens is 182 g/mol. The molecule has 0 aromatic heterocycles. The molecule has 0 aliphatic heterocycles. The van der Waals surface area contributed by atoms with E-state index in [2.05, 4.69) is 15.8 Å². The van der Waals surface area contributed by atoms with Crippen LogP contribution < -0.4 is 5.30 Å². The molecule has 0 fully saturated rings. The monoisotopic (exact) mass is 196 g/mol. The second kappa shape index (κ2) is 3.59. The van der Waals surface area contributed by atoms with Gasteiger partial charge in [0.05, 0.1) is 0 Å². The van der Waals surface area contributed by atoms with E-state index in [1.54, 1.807) is 6.07 Å². The van der Waals surface area contributed by atoms with Crippen molar-refractivity contribution >= 4 is 14.5 Å². The maximum absolute atomic E-state index is 13.0. The molecule has 0 saturated carbocycles. The largest absolute Gasteiger partial charge is 0.207 e. The van der Waals surface area contributed by atoms with Gasteiger partial charge in [-0.05, 0) is 23.0 Å². The summed E-state index contributed by atoms with van der Waals surface area (Å²) in [6.45, 7) is 7.76. The van der Waals surface area contributed by atoms with Crippen LogP contribution in [0.2, 0.25) is 0 Å². The number of allylic oxidation sites excluding steroid dienone is 1. The van der Waals surface area contributed by atoms with Gasteiger partial charge in [0, 0.05) is 5.41 Å². The van der Waals surface area contributed by atoms with Crippen LogP contribution in [-0.2, 0) is 5.41 Å². The van der Waals surface area contributed by atoms with Gasteiger partial charge in [-0.1, -0.05) is 26.0 Å². The Morgan fingerprint density at radius 1 is 1.38 bits per heavy atom. The maximum Gasteiger partial charge on any atom is 0.124 e. The summed E-state index contributed by atoms with van der Waals surface area (Å²) in [6, 6.07) is 5.00. The standard InChI is InChI=1S/C11H14FP/c1-4-11(2,3)8-5-9(12)7-10(13)6-8/h4-7H,1,13H2,2-3H3. The summed E-state index contributed by atoms with van der Waals surface area (Å²) >= 11 is 0. The van der Waals surface area contributed by atoms with Crippen LogP contribution in [-0.4, -0.2) is 0 Å². The predicted molar refractivity (Wildman–Crippen MR) is 59.0 cm³/mol. The minimum atomic E-state index is -0.197. The number of hydrogen-bond donors (Lipinski definition) is 0. The van der Waals surface area contributed by atoms with Crippen LogP contribution in [0.5, 0.6) is 0 Å². The molecule has 1 unspecified atom stereocenters. The number of rotatable bonds is 2. The molecule has 2 heteroatoms. The average molecular weight is 196 g/mol. The fraction of sp³-hybridized carbons (Fsp3) is 0.273. The molecule has 13 heavy (non-hydrogen) atoms. The summed E-state index contributed by atoms with van der Waals surface area (Å²) in [5.74, 6) is -0.197. The smallest absolute Gasteiger partial charge is 0.124 e. The summed E-state index contributed by atoms with van der Waals surface area (Å²) in [5, 5.41) is 0.866. The molecule has 0 saturated heterocycles. The van der Waals surface area contributed by atoms with Crippen molar-refractivity contribution in [1.29, 1.82) is 0 Å². The van der Waals surface area contributed by atoms with Gasteiger partial charge < -0.3 is 0 Å². The summed E-state index contributed by atoms with van der Waals surface area (Å²) in [5.41, 5.74) is 0.778. The first kappa shape index (κ1) is 10.4. The van der Waals surface area contributed by atoms with E-state index < -0.39 is 0 Å². The van der Waals surface area contributed by atoms with Crippen LogP contribution in [0.1, 0.15) is 19.4 Å². The van der Waals surface area contributed by atoms with E-state index in [4.69, 9.17) is 0 Å². The molecule has 0 heterocycles. The van der Waals surface area contributed by atoms with Gasteiger partial charge in [0.1, 0.15) is 5.82 Å². The minimum Gasteiger partial charge on any atom is -0.207 e. The normalized spacial score (nSPS) is 11.4. The van der Waals surface area contributed by atoms with Gasteiger partial charge in [0.2, 0.25) is 0 Å². The lowest BCUT2D eigenvalue weighted by molar-refractivity contribution is 0.611. The summed E-state index contributed by atoms with van der Waals surface area (Å²) in [7, 11) is 2.50. The molecule has 0 bridgehead atoms. The van der Waals surface area contributed by atoms with Crippen LogP contribution in [0.15, 0.2) is 30.9 Å². The van der Waals surface area contributed by atoms with Crippen molar-refractivity contribution < 1.29 is 4.39 Å². The van der Waals surface area contributed by atoms with Crippen molar-refractivity contribution in [2.75, 3.05) is 0 Å². The van der Waals surface area contributed by atoms with Crippen molar-refractivity contribution in [3.63, 3.8) is 0 Å². The van der Waals surface area contributed by atoms with Gasteiger partial charge in [0.15, 0.2) is 0 Å². The second-order valence-electron chi connectivity index (χ2n) is 3.70. The van der Waals surface area contributed by atoms with E-state index in [1.165, 1.54) is 6.07 Å². The Morgan fingerprint density at radius 2 is 2.00 bits per heavy atom. The molecule has 0 aliphatic carbocycles. The van der Waals surface area contributed by atoms with E-state index in [-0.39, 0.29) is 11.2 Å². The Bertz CT molecular complexity index is 309. The van der Waals surface area contributed by atoms with Crippen molar-refractivity contribution in [2.24, 2.45) is 0 Å². The van der Waals surface area contributed by atoms with Crippen LogP contribution in [0, 0.1) is 5.82 Å². The molecule has 0 amide bonds. The van der Waals surface area contributed by atoms with Crippen molar-refractivity contribution in [1.82, 2.24) is 0 Å². The van der Waals surface area contributed by atoms with E-state index in [9.17, 15) is 4.39 Å². The van der Waals surface area contributed by atoms with Crippen LogP contribution in [0.3, 0.4) is 0 Å². The summed E-state index contributed by atoms with van der Waals surface area (Å²) < 4.78 is 13.0. The number of hydrogen-bond acceptors (Lipinski definition) is 0. The lowest BCUT2D eigenvalue weighted by Crippen LogP contribution is -2.15. The molecule has 0 N–H and O–H groups in total. The molecule has 0 aliphatic rings. The Kier molecular flexibility index (Phi) is 2.87. The minimum absolute atomic E-state index is 0.173. The quantitative estimate of drug-likeness (QED) is 0.504. The third-order valence-corrected chi connectivity index (χ3v) is 2.51. The molecule has 1 aromatic carbocycles. The third-order valence-electron chi connectivity index (χ3n) is 2.17. The third kappa shape index (κ3) is 2.38. The molecule has 0 spiro atoms.